The molecule has 1 aliphatic carbocycles. The molecule has 37 heavy (non-hydrogen) atoms. The number of pyridine rings is 1. The molecule has 14 heteroatoms. The number of carbonyl (C=O) groups excluding carboxylic acids is 3. The molecule has 0 radical (unpaired) electrons. The van der Waals surface area contributed by atoms with E-state index in [1.54, 1.807) is 13.0 Å². The highest BCUT2D eigenvalue weighted by Gasteiger charge is 2.57. The topological polar surface area (TPSA) is 124 Å². The Morgan fingerprint density at radius 2 is 1.97 bits per heavy atom. The molecule has 3 amide bonds. The standard InChI is InChI=1S/C23H20F4N6O4/c1-11-5-15-18(9-29-11)31(30-20(15)21(28)35)10-19(34)32-16-6-12(16)7-17(32)22(36)33(27)13-3-2-4-14(8-13)37-23(24,25)26/h2-5,8-9,12,16-17H,6-7,10H2,1H3,(H2,28,35)/t12-,16-,17+/m1/s1. The monoisotopic (exact) mass is 520 g/mol. The van der Waals surface area contributed by atoms with E-state index in [-0.39, 0.29) is 35.7 Å². The van der Waals surface area contributed by atoms with Crippen molar-refractivity contribution in [2.24, 2.45) is 11.7 Å². The third kappa shape index (κ3) is 4.66. The Balaban J connectivity index is 1.37. The summed E-state index contributed by atoms with van der Waals surface area (Å²) in [6.07, 6.45) is -2.69. The van der Waals surface area contributed by atoms with Crippen LogP contribution in [-0.2, 0) is 16.1 Å². The molecule has 1 aromatic carbocycles. The van der Waals surface area contributed by atoms with Gasteiger partial charge in [0, 0.05) is 23.2 Å². The van der Waals surface area contributed by atoms with Gasteiger partial charge >= 0.3 is 6.36 Å². The van der Waals surface area contributed by atoms with E-state index in [0.717, 1.165) is 24.3 Å². The average Bonchev–Trinajstić information content (AvgIpc) is 3.33. The molecular weight excluding hydrogens is 500 g/mol. The number of halogens is 4. The molecule has 3 atom stereocenters. The summed E-state index contributed by atoms with van der Waals surface area (Å²) in [5.74, 6) is -3.10. The molecule has 2 N–H and O–H groups in total. The highest BCUT2D eigenvalue weighted by Crippen LogP contribution is 2.48. The van der Waals surface area contributed by atoms with Gasteiger partial charge in [0.1, 0.15) is 18.3 Å². The van der Waals surface area contributed by atoms with Gasteiger partial charge in [-0.15, -0.1) is 18.3 Å². The number of nitrogens with zero attached hydrogens (tertiary/aromatic N) is 5. The molecule has 10 nitrogen and oxygen atoms in total. The van der Waals surface area contributed by atoms with Crippen molar-refractivity contribution in [1.82, 2.24) is 19.7 Å². The van der Waals surface area contributed by atoms with Crippen LogP contribution in [0.2, 0.25) is 0 Å². The lowest BCUT2D eigenvalue weighted by atomic mass is 10.1. The molecule has 1 saturated heterocycles. The number of fused-ring (bicyclic) bond motifs is 2. The molecular formula is C23H20F4N6O4. The van der Waals surface area contributed by atoms with Gasteiger partial charge < -0.3 is 15.4 Å². The number of hydrogen-bond acceptors (Lipinski definition) is 6. The van der Waals surface area contributed by atoms with Crippen molar-refractivity contribution in [3.05, 3.63) is 47.9 Å². The van der Waals surface area contributed by atoms with Crippen LogP contribution in [0.15, 0.2) is 36.5 Å². The van der Waals surface area contributed by atoms with E-state index in [2.05, 4.69) is 14.8 Å². The molecule has 2 aromatic heterocycles. The summed E-state index contributed by atoms with van der Waals surface area (Å²) in [5.41, 5.74) is 5.92. The molecule has 5 rings (SSSR count). The number of likely N-dealkylation sites (tertiary alicyclic amines) is 1. The zero-order valence-corrected chi connectivity index (χ0v) is 19.3. The fourth-order valence-electron chi connectivity index (χ4n) is 4.79. The van der Waals surface area contributed by atoms with Crippen LogP contribution in [0.1, 0.15) is 29.0 Å². The fourth-order valence-corrected chi connectivity index (χ4v) is 4.79. The summed E-state index contributed by atoms with van der Waals surface area (Å²) in [5, 5.41) is 4.29. The Bertz CT molecular complexity index is 1420. The predicted octanol–water partition coefficient (Wildman–Crippen LogP) is 2.64. The highest BCUT2D eigenvalue weighted by molar-refractivity contribution is 6.04. The number of carbonyl (C=O) groups is 3. The second-order valence-corrected chi connectivity index (χ2v) is 8.99. The lowest BCUT2D eigenvalue weighted by Crippen LogP contribution is -2.48. The predicted molar refractivity (Wildman–Crippen MR) is 120 cm³/mol. The van der Waals surface area contributed by atoms with Crippen molar-refractivity contribution in [2.45, 2.75) is 44.8 Å². The smallest absolute Gasteiger partial charge is 0.406 e. The molecule has 2 aliphatic rings. The van der Waals surface area contributed by atoms with Crippen LogP contribution in [0.5, 0.6) is 5.75 Å². The Hall–Kier alpha value is -4.23. The number of anilines is 1. The van der Waals surface area contributed by atoms with Gasteiger partial charge in [-0.2, -0.15) is 5.10 Å². The first-order valence-electron chi connectivity index (χ1n) is 11.2. The normalized spacial score (nSPS) is 20.6. The molecule has 2 fully saturated rings. The first-order chi connectivity index (χ1) is 17.4. The van der Waals surface area contributed by atoms with Crippen LogP contribution < -0.4 is 15.6 Å². The minimum Gasteiger partial charge on any atom is -0.406 e. The van der Waals surface area contributed by atoms with Gasteiger partial charge in [-0.1, -0.05) is 10.5 Å². The van der Waals surface area contributed by atoms with Crippen molar-refractivity contribution in [2.75, 3.05) is 5.12 Å². The van der Waals surface area contributed by atoms with E-state index < -0.39 is 41.6 Å². The second kappa shape index (κ2) is 8.71. The Kier molecular flexibility index (Phi) is 5.76. The number of amides is 3. The van der Waals surface area contributed by atoms with E-state index in [4.69, 9.17) is 5.73 Å². The minimum absolute atomic E-state index is 0.00561. The number of piperidine rings is 1. The van der Waals surface area contributed by atoms with E-state index in [1.165, 1.54) is 15.8 Å². The van der Waals surface area contributed by atoms with Crippen LogP contribution in [0.4, 0.5) is 23.3 Å². The van der Waals surface area contributed by atoms with Crippen LogP contribution in [0.3, 0.4) is 0 Å². The average molecular weight is 520 g/mol. The van der Waals surface area contributed by atoms with Gasteiger partial charge in [0.05, 0.1) is 17.4 Å². The zero-order chi connectivity index (χ0) is 26.6. The van der Waals surface area contributed by atoms with Gasteiger partial charge in [0.25, 0.3) is 11.8 Å². The Labute approximate surface area is 206 Å². The number of rotatable bonds is 6. The van der Waals surface area contributed by atoms with Gasteiger partial charge in [0.15, 0.2) is 5.69 Å². The molecule has 1 aliphatic heterocycles. The maximum Gasteiger partial charge on any atom is 0.573 e. The maximum atomic E-state index is 15.1. The first-order valence-corrected chi connectivity index (χ1v) is 11.2. The van der Waals surface area contributed by atoms with Crippen LogP contribution in [0, 0.1) is 12.8 Å². The molecule has 3 aromatic rings. The summed E-state index contributed by atoms with van der Waals surface area (Å²) >= 11 is 0. The molecule has 3 heterocycles. The molecule has 0 spiro atoms. The van der Waals surface area contributed by atoms with Crippen molar-refractivity contribution in [3.63, 3.8) is 0 Å². The van der Waals surface area contributed by atoms with Crippen LogP contribution >= 0.6 is 0 Å². The van der Waals surface area contributed by atoms with Gasteiger partial charge in [0.2, 0.25) is 5.91 Å². The SMILES string of the molecule is Cc1cc2c(C(N)=O)nn(CC(=O)N3[C@@H]4C[C@@H]4C[C@H]3C(=O)N(F)c3cccc(OC(F)(F)F)c3)c2cn1. The van der Waals surface area contributed by atoms with Crippen LogP contribution in [-0.4, -0.2) is 55.8 Å². The largest absolute Gasteiger partial charge is 0.573 e. The van der Waals surface area contributed by atoms with Crippen molar-refractivity contribution in [1.29, 1.82) is 0 Å². The summed E-state index contributed by atoms with van der Waals surface area (Å²) < 4.78 is 57.7. The first kappa shape index (κ1) is 24.5. The van der Waals surface area contributed by atoms with Gasteiger partial charge in [-0.05, 0) is 43.9 Å². The second-order valence-electron chi connectivity index (χ2n) is 8.99. The van der Waals surface area contributed by atoms with E-state index in [0.29, 0.717) is 23.0 Å². The number of hydrogen-bond donors (Lipinski definition) is 1. The maximum absolute atomic E-state index is 15.1. The van der Waals surface area contributed by atoms with E-state index in [1.807, 2.05) is 0 Å². The summed E-state index contributed by atoms with van der Waals surface area (Å²) in [7, 11) is 0. The number of benzene rings is 1. The Morgan fingerprint density at radius 3 is 2.68 bits per heavy atom. The molecule has 0 bridgehead atoms. The van der Waals surface area contributed by atoms with E-state index >= 15 is 4.48 Å². The lowest BCUT2D eigenvalue weighted by Gasteiger charge is -2.28. The fraction of sp³-hybridized carbons (Fsp3) is 0.348. The quantitative estimate of drug-likeness (QED) is 0.394. The number of nitrogens with two attached hydrogens (primary N) is 1. The highest BCUT2D eigenvalue weighted by atomic mass is 19.4. The van der Waals surface area contributed by atoms with Crippen molar-refractivity contribution < 1.29 is 36.8 Å². The molecule has 1 saturated carbocycles. The van der Waals surface area contributed by atoms with Crippen molar-refractivity contribution >= 4 is 34.3 Å². The molecule has 194 valence electrons. The summed E-state index contributed by atoms with van der Waals surface area (Å²) in [4.78, 5) is 43.7. The number of aryl methyl sites for hydroxylation is 1. The number of aromatic nitrogens is 3. The lowest BCUT2D eigenvalue weighted by molar-refractivity contribution is -0.274. The van der Waals surface area contributed by atoms with Crippen LogP contribution in [0.25, 0.3) is 10.9 Å². The number of primary amides is 1. The zero-order valence-electron chi connectivity index (χ0n) is 19.3. The summed E-state index contributed by atoms with van der Waals surface area (Å²) in [6.45, 7) is 1.36. The number of ether oxygens (including phenoxy) is 1. The van der Waals surface area contributed by atoms with E-state index in [9.17, 15) is 27.6 Å². The van der Waals surface area contributed by atoms with Gasteiger partial charge in [-0.25, -0.2) is 0 Å². The third-order valence-electron chi connectivity index (χ3n) is 6.44. The van der Waals surface area contributed by atoms with Gasteiger partial charge in [-0.3, -0.25) is 24.0 Å². The third-order valence-corrected chi connectivity index (χ3v) is 6.44. The number of alkyl halides is 3. The minimum atomic E-state index is -4.99. The van der Waals surface area contributed by atoms with Crippen molar-refractivity contribution in [3.8, 4) is 5.75 Å². The Morgan fingerprint density at radius 1 is 1.22 bits per heavy atom. The summed E-state index contributed by atoms with van der Waals surface area (Å²) in [6, 6.07) is 4.11. The molecule has 0 unspecified atom stereocenters.